The van der Waals surface area contributed by atoms with Crippen molar-refractivity contribution in [2.45, 2.75) is 18.4 Å². The maximum atomic E-state index is 7.55. The number of hydrogen-bond donors (Lipinski definition) is 0. The summed E-state index contributed by atoms with van der Waals surface area (Å²) in [5.41, 5.74) is 1.56. The van der Waals surface area contributed by atoms with Crippen LogP contribution in [0.5, 0.6) is 0 Å². The summed E-state index contributed by atoms with van der Waals surface area (Å²) in [5, 5.41) is 2.97. The van der Waals surface area contributed by atoms with Crippen LogP contribution < -0.4 is 0 Å². The van der Waals surface area contributed by atoms with E-state index in [9.17, 15) is 0 Å². The molecule has 1 aromatic carbocycles. The van der Waals surface area contributed by atoms with E-state index in [1.54, 1.807) is 11.3 Å². The SMILES string of the molecule is [C-]#[N+]C1(c2nc(-c3ccc(Br)cc3)cs2)CCOCC1. The molecule has 3 rings (SSSR count). The maximum absolute atomic E-state index is 7.55. The Kier molecular flexibility index (Phi) is 3.88. The fraction of sp³-hybridized carbons (Fsp3) is 0.333. The zero-order valence-electron chi connectivity index (χ0n) is 10.8. The quantitative estimate of drug-likeness (QED) is 0.747. The lowest BCUT2D eigenvalue weighted by Crippen LogP contribution is -2.30. The van der Waals surface area contributed by atoms with E-state index in [2.05, 4.69) is 20.8 Å². The molecule has 1 aliphatic rings. The largest absolute Gasteiger partial charge is 0.381 e. The highest BCUT2D eigenvalue weighted by atomic mass is 79.9. The highest BCUT2D eigenvalue weighted by Crippen LogP contribution is 2.39. The summed E-state index contributed by atoms with van der Waals surface area (Å²) in [6.45, 7) is 8.85. The van der Waals surface area contributed by atoms with Crippen molar-refractivity contribution in [1.29, 1.82) is 0 Å². The van der Waals surface area contributed by atoms with E-state index in [-0.39, 0.29) is 0 Å². The van der Waals surface area contributed by atoms with Crippen molar-refractivity contribution in [2.24, 2.45) is 0 Å². The molecule has 0 saturated carbocycles. The number of ether oxygens (including phenoxy) is 1. The Labute approximate surface area is 130 Å². The van der Waals surface area contributed by atoms with Crippen LogP contribution in [-0.4, -0.2) is 18.2 Å². The van der Waals surface area contributed by atoms with Crippen LogP contribution in [0.4, 0.5) is 0 Å². The van der Waals surface area contributed by atoms with Crippen molar-refractivity contribution in [2.75, 3.05) is 13.2 Å². The van der Waals surface area contributed by atoms with Gasteiger partial charge in [0.05, 0.1) is 31.7 Å². The van der Waals surface area contributed by atoms with Crippen LogP contribution >= 0.6 is 27.3 Å². The molecule has 0 atom stereocenters. The van der Waals surface area contributed by atoms with Gasteiger partial charge >= 0.3 is 0 Å². The summed E-state index contributed by atoms with van der Waals surface area (Å²) in [4.78, 5) is 8.59. The maximum Gasteiger partial charge on any atom is 0.287 e. The Bertz CT molecular complexity index is 639. The van der Waals surface area contributed by atoms with Gasteiger partial charge in [0.25, 0.3) is 5.54 Å². The van der Waals surface area contributed by atoms with Crippen molar-refractivity contribution in [3.05, 3.63) is 50.5 Å². The summed E-state index contributed by atoms with van der Waals surface area (Å²) in [7, 11) is 0. The van der Waals surface area contributed by atoms with Crippen LogP contribution in [0, 0.1) is 6.57 Å². The van der Waals surface area contributed by atoms with E-state index in [0.717, 1.165) is 33.6 Å². The summed E-state index contributed by atoms with van der Waals surface area (Å²) in [6.07, 6.45) is 1.48. The molecule has 0 unspecified atom stereocenters. The first-order valence-corrected chi connectivity index (χ1v) is 8.09. The average molecular weight is 349 g/mol. The standard InChI is InChI=1S/C15H13BrN2OS/c1-17-15(6-8-19-9-7-15)14-18-13(10-20-14)11-2-4-12(16)5-3-11/h2-5,10H,6-9H2. The zero-order valence-corrected chi connectivity index (χ0v) is 13.2. The number of halogens is 1. The highest BCUT2D eigenvalue weighted by molar-refractivity contribution is 9.10. The van der Waals surface area contributed by atoms with Gasteiger partial charge in [0.1, 0.15) is 0 Å². The molecule has 1 aromatic heterocycles. The summed E-state index contributed by atoms with van der Waals surface area (Å²) >= 11 is 5.02. The summed E-state index contributed by atoms with van der Waals surface area (Å²) in [6, 6.07) is 8.09. The predicted octanol–water partition coefficient (Wildman–Crippen LogP) is 4.50. The minimum absolute atomic E-state index is 0.476. The third kappa shape index (κ3) is 2.51. The molecule has 5 heteroatoms. The Hall–Kier alpha value is -1.22. The first-order valence-electron chi connectivity index (χ1n) is 6.42. The van der Waals surface area contributed by atoms with Crippen LogP contribution in [0.2, 0.25) is 0 Å². The Balaban J connectivity index is 1.93. The molecule has 1 aliphatic heterocycles. The van der Waals surface area contributed by atoms with Crippen LogP contribution in [0.15, 0.2) is 34.1 Å². The molecule has 102 valence electrons. The monoisotopic (exact) mass is 348 g/mol. The van der Waals surface area contributed by atoms with Crippen LogP contribution in [0.3, 0.4) is 0 Å². The topological polar surface area (TPSA) is 26.5 Å². The first kappa shape index (κ1) is 13.7. The smallest absolute Gasteiger partial charge is 0.287 e. The van der Waals surface area contributed by atoms with Crippen molar-refractivity contribution in [3.8, 4) is 11.3 Å². The number of aromatic nitrogens is 1. The van der Waals surface area contributed by atoms with Gasteiger partial charge in [0.15, 0.2) is 5.01 Å². The second kappa shape index (κ2) is 5.65. The van der Waals surface area contributed by atoms with Crippen molar-refractivity contribution >= 4 is 27.3 Å². The number of nitrogens with zero attached hydrogens (tertiary/aromatic N) is 2. The third-order valence-corrected chi connectivity index (χ3v) is 5.14. The Morgan fingerprint density at radius 2 is 1.95 bits per heavy atom. The van der Waals surface area contributed by atoms with Gasteiger partial charge in [-0.25, -0.2) is 11.6 Å². The van der Waals surface area contributed by atoms with Gasteiger partial charge in [-0.2, -0.15) is 0 Å². The zero-order chi connectivity index (χ0) is 14.0. The van der Waals surface area contributed by atoms with Gasteiger partial charge < -0.3 is 9.58 Å². The van der Waals surface area contributed by atoms with Gasteiger partial charge in [-0.1, -0.05) is 28.1 Å². The fourth-order valence-electron chi connectivity index (χ4n) is 2.32. The van der Waals surface area contributed by atoms with Gasteiger partial charge in [0.2, 0.25) is 0 Å². The minimum Gasteiger partial charge on any atom is -0.381 e. The lowest BCUT2D eigenvalue weighted by atomic mass is 9.92. The van der Waals surface area contributed by atoms with Crippen LogP contribution in [0.1, 0.15) is 17.8 Å². The predicted molar refractivity (Wildman–Crippen MR) is 83.6 cm³/mol. The van der Waals surface area contributed by atoms with E-state index < -0.39 is 5.54 Å². The number of hydrogen-bond acceptors (Lipinski definition) is 3. The second-order valence-corrected chi connectivity index (χ2v) is 6.57. The highest BCUT2D eigenvalue weighted by Gasteiger charge is 2.43. The molecular weight excluding hydrogens is 336 g/mol. The number of benzene rings is 1. The van der Waals surface area contributed by atoms with E-state index in [1.165, 1.54) is 0 Å². The fourth-order valence-corrected chi connectivity index (χ4v) is 3.62. The minimum atomic E-state index is -0.476. The van der Waals surface area contributed by atoms with Gasteiger partial charge in [0, 0.05) is 15.4 Å². The van der Waals surface area contributed by atoms with Crippen LogP contribution in [0.25, 0.3) is 16.1 Å². The van der Waals surface area contributed by atoms with E-state index in [0.29, 0.717) is 13.2 Å². The molecule has 0 bridgehead atoms. The number of rotatable bonds is 2. The van der Waals surface area contributed by atoms with Gasteiger partial charge in [-0.05, 0) is 12.1 Å². The van der Waals surface area contributed by atoms with E-state index >= 15 is 0 Å². The Morgan fingerprint density at radius 3 is 2.60 bits per heavy atom. The molecule has 0 radical (unpaired) electrons. The summed E-state index contributed by atoms with van der Waals surface area (Å²) < 4.78 is 6.44. The molecule has 3 nitrogen and oxygen atoms in total. The van der Waals surface area contributed by atoms with Crippen molar-refractivity contribution < 1.29 is 4.74 Å². The second-order valence-electron chi connectivity index (χ2n) is 4.80. The average Bonchev–Trinajstić information content (AvgIpc) is 2.99. The molecule has 0 amide bonds. The normalized spacial score (nSPS) is 17.6. The number of thiazole rings is 1. The molecule has 0 spiro atoms. The molecule has 1 fully saturated rings. The molecule has 2 aromatic rings. The lowest BCUT2D eigenvalue weighted by molar-refractivity contribution is 0.0646. The van der Waals surface area contributed by atoms with Crippen molar-refractivity contribution in [1.82, 2.24) is 4.98 Å². The van der Waals surface area contributed by atoms with Gasteiger partial charge in [-0.3, -0.25) is 0 Å². The van der Waals surface area contributed by atoms with Gasteiger partial charge in [-0.15, -0.1) is 11.3 Å². The van der Waals surface area contributed by atoms with Crippen LogP contribution in [-0.2, 0) is 10.3 Å². The lowest BCUT2D eigenvalue weighted by Gasteiger charge is -2.24. The summed E-state index contributed by atoms with van der Waals surface area (Å²) in [5.74, 6) is 0. The molecular formula is C15H13BrN2OS. The molecule has 2 heterocycles. The third-order valence-electron chi connectivity index (χ3n) is 3.58. The molecule has 20 heavy (non-hydrogen) atoms. The Morgan fingerprint density at radius 1 is 1.25 bits per heavy atom. The molecule has 0 aliphatic carbocycles. The van der Waals surface area contributed by atoms with Crippen molar-refractivity contribution in [3.63, 3.8) is 0 Å². The van der Waals surface area contributed by atoms with E-state index in [1.807, 2.05) is 29.6 Å². The van der Waals surface area contributed by atoms with E-state index in [4.69, 9.17) is 16.3 Å². The first-order chi connectivity index (χ1) is 9.73. The molecule has 1 saturated heterocycles. The molecule has 0 N–H and O–H groups in total.